The molecule has 2 heterocycles. The van der Waals surface area contributed by atoms with Crippen LogP contribution in [0.4, 0.5) is 5.69 Å². The summed E-state index contributed by atoms with van der Waals surface area (Å²) in [5.41, 5.74) is 1.42. The largest absolute Gasteiger partial charge is 0.492 e. The number of amides is 1. The Kier molecular flexibility index (Phi) is 5.63. The number of nitrogens with one attached hydrogen (secondary N) is 2. The minimum absolute atomic E-state index is 0.137. The number of nitrogens with zero attached hydrogens (tertiary/aromatic N) is 1. The molecule has 1 amide bonds. The van der Waals surface area contributed by atoms with Gasteiger partial charge in [0.2, 0.25) is 5.91 Å². The van der Waals surface area contributed by atoms with E-state index in [-0.39, 0.29) is 17.2 Å². The van der Waals surface area contributed by atoms with E-state index in [1.54, 1.807) is 12.1 Å². The highest BCUT2D eigenvalue weighted by Gasteiger charge is 2.13. The van der Waals surface area contributed by atoms with Gasteiger partial charge in [-0.25, -0.2) is 4.98 Å². The Labute approximate surface area is 159 Å². The molecule has 2 N–H and O–H groups in total. The maximum absolute atomic E-state index is 12.3. The SMILES string of the molecule is CCOc1ccccc1NC(=O)CSc1nc2sc(C)c(C)c2c(=O)[nH]1. The van der Waals surface area contributed by atoms with E-state index in [0.717, 1.165) is 10.4 Å². The molecule has 0 aliphatic carbocycles. The number of H-pyrrole nitrogens is 1. The zero-order chi connectivity index (χ0) is 18.7. The molecule has 0 saturated heterocycles. The zero-order valence-corrected chi connectivity index (χ0v) is 16.3. The molecular weight excluding hydrogens is 370 g/mol. The van der Waals surface area contributed by atoms with Crippen molar-refractivity contribution >= 4 is 44.9 Å². The van der Waals surface area contributed by atoms with Gasteiger partial charge in [0.15, 0.2) is 5.16 Å². The fraction of sp³-hybridized carbons (Fsp3) is 0.278. The van der Waals surface area contributed by atoms with E-state index in [1.165, 1.54) is 23.1 Å². The molecule has 8 heteroatoms. The lowest BCUT2D eigenvalue weighted by Crippen LogP contribution is -2.16. The van der Waals surface area contributed by atoms with Crippen LogP contribution in [0.3, 0.4) is 0 Å². The van der Waals surface area contributed by atoms with Crippen LogP contribution in [0.25, 0.3) is 10.2 Å². The smallest absolute Gasteiger partial charge is 0.260 e. The van der Waals surface area contributed by atoms with Crippen molar-refractivity contribution in [3.63, 3.8) is 0 Å². The van der Waals surface area contributed by atoms with Gasteiger partial charge in [-0.05, 0) is 38.5 Å². The first-order valence-corrected chi connectivity index (χ1v) is 9.94. The quantitative estimate of drug-likeness (QED) is 0.496. The van der Waals surface area contributed by atoms with Gasteiger partial charge < -0.3 is 15.0 Å². The maximum atomic E-state index is 12.3. The van der Waals surface area contributed by atoms with Crippen molar-refractivity contribution in [2.45, 2.75) is 25.9 Å². The number of hydrogen-bond donors (Lipinski definition) is 2. The van der Waals surface area contributed by atoms with Gasteiger partial charge >= 0.3 is 0 Å². The number of hydrogen-bond acceptors (Lipinski definition) is 6. The molecule has 0 bridgehead atoms. The predicted octanol–water partition coefficient (Wildman–Crippen LogP) is 3.73. The summed E-state index contributed by atoms with van der Waals surface area (Å²) in [6, 6.07) is 7.28. The highest BCUT2D eigenvalue weighted by atomic mass is 32.2. The highest BCUT2D eigenvalue weighted by molar-refractivity contribution is 7.99. The second-order valence-electron chi connectivity index (χ2n) is 5.60. The number of carbonyl (C=O) groups is 1. The maximum Gasteiger partial charge on any atom is 0.260 e. The first kappa shape index (κ1) is 18.5. The molecule has 0 aliphatic rings. The van der Waals surface area contributed by atoms with E-state index in [2.05, 4.69) is 15.3 Å². The van der Waals surface area contributed by atoms with Crippen molar-refractivity contribution in [1.29, 1.82) is 0 Å². The van der Waals surface area contributed by atoms with E-state index in [9.17, 15) is 9.59 Å². The third-order valence-electron chi connectivity index (χ3n) is 3.82. The second kappa shape index (κ2) is 7.92. The van der Waals surface area contributed by atoms with Crippen LogP contribution in [0.1, 0.15) is 17.4 Å². The third-order valence-corrected chi connectivity index (χ3v) is 5.79. The molecule has 3 aromatic rings. The number of rotatable bonds is 6. The van der Waals surface area contributed by atoms with Gasteiger partial charge in [-0.15, -0.1) is 11.3 Å². The number of aromatic nitrogens is 2. The molecule has 0 fully saturated rings. The second-order valence-corrected chi connectivity index (χ2v) is 7.77. The summed E-state index contributed by atoms with van der Waals surface area (Å²) in [6.45, 7) is 6.30. The Balaban J connectivity index is 1.70. The summed E-state index contributed by atoms with van der Waals surface area (Å²) in [4.78, 5) is 33.5. The molecule has 136 valence electrons. The minimum atomic E-state index is -0.191. The van der Waals surface area contributed by atoms with E-state index >= 15 is 0 Å². The number of ether oxygens (including phenoxy) is 1. The number of aromatic amines is 1. The van der Waals surface area contributed by atoms with Crippen LogP contribution in [0.15, 0.2) is 34.2 Å². The fourth-order valence-corrected chi connectivity index (χ4v) is 4.22. The molecule has 0 spiro atoms. The number of thiophene rings is 1. The van der Waals surface area contributed by atoms with Gasteiger partial charge in [0.1, 0.15) is 10.6 Å². The van der Waals surface area contributed by atoms with Crippen LogP contribution in [0, 0.1) is 13.8 Å². The molecule has 26 heavy (non-hydrogen) atoms. The van der Waals surface area contributed by atoms with Crippen LogP contribution < -0.4 is 15.6 Å². The molecule has 0 atom stereocenters. The van der Waals surface area contributed by atoms with Crippen LogP contribution in [0.2, 0.25) is 0 Å². The van der Waals surface area contributed by atoms with Crippen LogP contribution in [-0.4, -0.2) is 28.2 Å². The predicted molar refractivity (Wildman–Crippen MR) is 107 cm³/mol. The number of benzene rings is 1. The minimum Gasteiger partial charge on any atom is -0.492 e. The molecule has 1 aromatic carbocycles. The first-order valence-electron chi connectivity index (χ1n) is 8.14. The normalized spacial score (nSPS) is 10.9. The molecule has 0 aliphatic heterocycles. The van der Waals surface area contributed by atoms with E-state index in [4.69, 9.17) is 4.74 Å². The summed E-state index contributed by atoms with van der Waals surface area (Å²) >= 11 is 2.69. The van der Waals surface area contributed by atoms with Crippen molar-refractivity contribution in [1.82, 2.24) is 9.97 Å². The number of aryl methyl sites for hydroxylation is 2. The third kappa shape index (κ3) is 3.91. The lowest BCUT2D eigenvalue weighted by Gasteiger charge is -2.10. The van der Waals surface area contributed by atoms with Crippen molar-refractivity contribution < 1.29 is 9.53 Å². The van der Waals surface area contributed by atoms with E-state index in [0.29, 0.717) is 33.4 Å². The van der Waals surface area contributed by atoms with Crippen LogP contribution in [0.5, 0.6) is 5.75 Å². The van der Waals surface area contributed by atoms with Crippen LogP contribution in [-0.2, 0) is 4.79 Å². The van der Waals surface area contributed by atoms with Crippen LogP contribution >= 0.6 is 23.1 Å². The number of thioether (sulfide) groups is 1. The summed E-state index contributed by atoms with van der Waals surface area (Å²) in [5, 5.41) is 3.90. The van der Waals surface area contributed by atoms with Gasteiger partial charge in [-0.3, -0.25) is 9.59 Å². The number of anilines is 1. The van der Waals surface area contributed by atoms with E-state index < -0.39 is 0 Å². The average Bonchev–Trinajstić information content (AvgIpc) is 2.89. The molecule has 2 aromatic heterocycles. The lowest BCUT2D eigenvalue weighted by molar-refractivity contribution is -0.113. The van der Waals surface area contributed by atoms with E-state index in [1.807, 2.05) is 32.9 Å². The molecular formula is C18H19N3O3S2. The monoisotopic (exact) mass is 389 g/mol. The fourth-order valence-electron chi connectivity index (χ4n) is 2.47. The zero-order valence-electron chi connectivity index (χ0n) is 14.7. The number of fused-ring (bicyclic) bond motifs is 1. The number of para-hydroxylation sites is 2. The van der Waals surface area contributed by atoms with Gasteiger partial charge in [0.05, 0.1) is 23.4 Å². The Morgan fingerprint density at radius 1 is 1.35 bits per heavy atom. The summed E-state index contributed by atoms with van der Waals surface area (Å²) in [7, 11) is 0. The molecule has 0 unspecified atom stereocenters. The lowest BCUT2D eigenvalue weighted by atomic mass is 10.2. The Hall–Kier alpha value is -2.32. The van der Waals surface area contributed by atoms with Crippen molar-refractivity contribution in [3.05, 3.63) is 45.1 Å². The van der Waals surface area contributed by atoms with Crippen molar-refractivity contribution in [3.8, 4) is 5.75 Å². The van der Waals surface area contributed by atoms with Gasteiger partial charge in [-0.2, -0.15) is 0 Å². The molecule has 3 rings (SSSR count). The van der Waals surface area contributed by atoms with Crippen molar-refractivity contribution in [2.75, 3.05) is 17.7 Å². The standard InChI is InChI=1S/C18H19N3O3S2/c1-4-24-13-8-6-5-7-12(13)19-14(22)9-25-18-20-16(23)15-10(2)11(3)26-17(15)21-18/h5-8H,4,9H2,1-3H3,(H,19,22)(H,20,21,23). The Morgan fingerprint density at radius 2 is 2.12 bits per heavy atom. The van der Waals surface area contributed by atoms with Crippen molar-refractivity contribution in [2.24, 2.45) is 0 Å². The molecule has 0 saturated carbocycles. The molecule has 6 nitrogen and oxygen atoms in total. The average molecular weight is 390 g/mol. The number of carbonyl (C=O) groups excluding carboxylic acids is 1. The molecule has 0 radical (unpaired) electrons. The Bertz CT molecular complexity index is 1010. The summed E-state index contributed by atoms with van der Waals surface area (Å²) in [5.74, 6) is 0.576. The topological polar surface area (TPSA) is 84.1 Å². The van der Waals surface area contributed by atoms with Gasteiger partial charge in [0, 0.05) is 4.88 Å². The first-order chi connectivity index (χ1) is 12.5. The summed E-state index contributed by atoms with van der Waals surface area (Å²) in [6.07, 6.45) is 0. The highest BCUT2D eigenvalue weighted by Crippen LogP contribution is 2.27. The summed E-state index contributed by atoms with van der Waals surface area (Å²) < 4.78 is 5.50. The van der Waals surface area contributed by atoms with Gasteiger partial charge in [-0.1, -0.05) is 23.9 Å². The van der Waals surface area contributed by atoms with Gasteiger partial charge in [0.25, 0.3) is 5.56 Å². The Morgan fingerprint density at radius 3 is 2.88 bits per heavy atom.